The highest BCUT2D eigenvalue weighted by atomic mass is 33.3. The van der Waals surface area contributed by atoms with Gasteiger partial charge in [-0.2, -0.15) is 0 Å². The van der Waals surface area contributed by atoms with E-state index in [9.17, 15) is 0 Å². The SMILES string of the molecule is CNC=CC=CC=CC=CC=CCCC=CC=[NH+]P(P(P(P)P)P(P)P)P(P(P)P)P(P)PP. The molecule has 34 heavy (non-hydrogen) atoms. The summed E-state index contributed by atoms with van der Waals surface area (Å²) in [6.45, 7) is -0.323. The number of nitrogens with one attached hydrogen (secondary N) is 2. The molecule has 0 aliphatic carbocycles. The summed E-state index contributed by atoms with van der Waals surface area (Å²) in [5, 5.41) is 2.96. The summed E-state index contributed by atoms with van der Waals surface area (Å²) in [5.74, 6) is 0. The molecule has 2 N–H and O–H groups in total. The molecule has 0 aromatic carbocycles. The Bertz CT molecular complexity index is 710. The van der Waals surface area contributed by atoms with Gasteiger partial charge in [0.2, 0.25) is 7.45 Å². The third-order valence-corrected chi connectivity index (χ3v) is 97.5. The van der Waals surface area contributed by atoms with E-state index in [4.69, 9.17) is 0 Å². The van der Waals surface area contributed by atoms with Gasteiger partial charge in [0.1, 0.15) is 0 Å². The van der Waals surface area contributed by atoms with Gasteiger partial charge in [0.15, 0.2) is 6.21 Å². The molecule has 192 valence electrons. The summed E-state index contributed by atoms with van der Waals surface area (Å²) in [6, 6.07) is 0. The molecule has 0 heterocycles. The Morgan fingerprint density at radius 2 is 1.15 bits per heavy atom. The molecule has 12 atom stereocenters. The van der Waals surface area contributed by atoms with Gasteiger partial charge in [0.25, 0.3) is 0 Å². The lowest BCUT2D eigenvalue weighted by molar-refractivity contribution is -0.246. The fraction of sp³-hybridized carbons (Fsp3) is 0.188. The van der Waals surface area contributed by atoms with E-state index in [0.29, 0.717) is 0 Å². The zero-order valence-electron chi connectivity index (χ0n) is 19.2. The second-order valence-electron chi connectivity index (χ2n) is 5.97. The van der Waals surface area contributed by atoms with Crippen LogP contribution in [-0.4, -0.2) is 13.3 Å². The van der Waals surface area contributed by atoms with Gasteiger partial charge in [0.05, 0.1) is 14.0 Å². The Morgan fingerprint density at radius 3 is 1.62 bits per heavy atom. The lowest BCUT2D eigenvalue weighted by Crippen LogP contribution is -2.58. The highest BCUT2D eigenvalue weighted by molar-refractivity contribution is 9.24. The topological polar surface area (TPSA) is 26.0 Å². The normalized spacial score (nSPS) is 17.0. The van der Waals surface area contributed by atoms with E-state index in [1.807, 2.05) is 43.6 Å². The Labute approximate surface area is 236 Å². The Morgan fingerprint density at radius 1 is 0.676 bits per heavy atom. The predicted octanol–water partition coefficient (Wildman–Crippen LogP) is 11.1. The van der Waals surface area contributed by atoms with Crippen LogP contribution in [0.15, 0.2) is 73.0 Å². The van der Waals surface area contributed by atoms with Crippen molar-refractivity contribution >= 4 is 135 Å². The summed E-state index contributed by atoms with van der Waals surface area (Å²) in [7, 11) is 27.7. The van der Waals surface area contributed by atoms with Crippen LogP contribution in [0.5, 0.6) is 0 Å². The second kappa shape index (κ2) is 26.7. The molecule has 0 saturated carbocycles. The smallest absolute Gasteiger partial charge is 0.242 e. The van der Waals surface area contributed by atoms with Crippen molar-refractivity contribution in [3.63, 3.8) is 0 Å². The van der Waals surface area contributed by atoms with Gasteiger partial charge in [-0.25, -0.2) is 4.76 Å². The minimum atomic E-state index is -0.199. The molecule has 0 aromatic rings. The molecule has 0 aliphatic heterocycles. The van der Waals surface area contributed by atoms with Crippen LogP contribution in [-0.2, 0) is 0 Å². The maximum absolute atomic E-state index is 3.95. The number of hydrogen-bond acceptors (Lipinski definition) is 1. The molecule has 0 spiro atoms. The van der Waals surface area contributed by atoms with Crippen LogP contribution in [0, 0.1) is 0 Å². The van der Waals surface area contributed by atoms with Gasteiger partial charge < -0.3 is 5.32 Å². The van der Waals surface area contributed by atoms with Crippen molar-refractivity contribution in [1.82, 2.24) is 5.32 Å². The third kappa shape index (κ3) is 19.8. The van der Waals surface area contributed by atoms with Crippen molar-refractivity contribution in [3.05, 3.63) is 73.0 Å². The Hall–Kier alpha value is 4.79. The maximum atomic E-state index is 3.95. The van der Waals surface area contributed by atoms with Crippen LogP contribution in [0.1, 0.15) is 12.8 Å². The molecule has 0 fully saturated rings. The molecule has 0 bridgehead atoms. The molecule has 0 aromatic heterocycles. The summed E-state index contributed by atoms with van der Waals surface area (Å²) in [4.78, 5) is 0. The zero-order valence-corrected chi connectivity index (χ0v) is 35.7. The zero-order chi connectivity index (χ0) is 25.8. The van der Waals surface area contributed by atoms with E-state index < -0.39 is 0 Å². The molecular weight excluding hydrogens is 716 g/mol. The molecule has 0 saturated heterocycles. The summed E-state index contributed by atoms with van der Waals surface area (Å²) >= 11 is 0. The van der Waals surface area contributed by atoms with Gasteiger partial charge in [0, 0.05) is 7.05 Å². The number of rotatable bonds is 17. The van der Waals surface area contributed by atoms with Crippen LogP contribution in [0.25, 0.3) is 0 Å². The first kappa shape index (κ1) is 38.8. The third-order valence-electron chi connectivity index (χ3n) is 3.38. The van der Waals surface area contributed by atoms with E-state index in [0.717, 1.165) is 20.8 Å². The minimum absolute atomic E-state index is 0.00506. The number of allylic oxidation sites excluding steroid dienone is 11. The van der Waals surface area contributed by atoms with Gasteiger partial charge in [-0.1, -0.05) is 62.6 Å². The van der Waals surface area contributed by atoms with Crippen LogP contribution < -0.4 is 10.1 Å². The van der Waals surface area contributed by atoms with Crippen molar-refractivity contribution in [2.75, 3.05) is 7.05 Å². The quantitative estimate of drug-likeness (QED) is 0.0658. The first-order valence-corrected chi connectivity index (χ1v) is 38.4. The number of hydrogen-bond donors (Lipinski definition) is 2. The average molecular weight is 755 g/mol. The van der Waals surface area contributed by atoms with E-state index >= 15 is 0 Å². The van der Waals surface area contributed by atoms with E-state index in [-0.39, 0.29) is 49.4 Å². The monoisotopic (exact) mass is 755 g/mol. The first-order chi connectivity index (χ1) is 16.3. The number of unbranched alkanes of at least 4 members (excludes halogenated alkanes) is 1. The van der Waals surface area contributed by atoms with Crippen molar-refractivity contribution in [1.29, 1.82) is 0 Å². The summed E-state index contributed by atoms with van der Waals surface area (Å²) in [5.41, 5.74) is 0. The van der Waals surface area contributed by atoms with Gasteiger partial charge in [-0.05, 0) is 59.1 Å². The molecule has 2 nitrogen and oxygen atoms in total. The Balaban J connectivity index is 4.87. The van der Waals surface area contributed by atoms with Crippen molar-refractivity contribution in [3.8, 4) is 0 Å². The van der Waals surface area contributed by atoms with Crippen LogP contribution in [0.4, 0.5) is 0 Å². The predicted molar refractivity (Wildman–Crippen MR) is 215 cm³/mol. The summed E-state index contributed by atoms with van der Waals surface area (Å²) in [6.07, 6.45) is 29.3. The molecule has 12 unspecified atom stereocenters. The lowest BCUT2D eigenvalue weighted by atomic mass is 10.2. The van der Waals surface area contributed by atoms with Gasteiger partial charge >= 0.3 is 0 Å². The fourth-order valence-corrected chi connectivity index (χ4v) is 151. The highest BCUT2D eigenvalue weighted by Gasteiger charge is 2.43. The maximum Gasteiger partial charge on any atom is 0.242 e. The molecule has 0 radical (unpaired) electrons. The minimum Gasteiger partial charge on any atom is -0.394 e. The largest absolute Gasteiger partial charge is 0.394 e. The van der Waals surface area contributed by atoms with E-state index in [2.05, 4.69) is 124 Å². The average Bonchev–Trinajstić information content (AvgIpc) is 2.77. The van der Waals surface area contributed by atoms with E-state index in [1.54, 1.807) is 0 Å². The molecular formula is C16H39N2P16+. The first-order valence-electron chi connectivity index (χ1n) is 9.80. The molecule has 0 rings (SSSR count). The van der Waals surface area contributed by atoms with E-state index in [1.165, 1.54) is 0 Å². The van der Waals surface area contributed by atoms with Crippen LogP contribution in [0.2, 0.25) is 0 Å². The highest BCUT2D eigenvalue weighted by Crippen LogP contribution is 3.20. The van der Waals surface area contributed by atoms with Crippen LogP contribution in [0.3, 0.4) is 0 Å². The standard InChI is InChI=1S/C16H38N2P16/c1-17-15-13-11-9-7-5-3-2-4-6-8-10-12-14-16-18-28(33(29(20)21)30(22)23)34(31(24)25)32(26)27-19/h2-7,9,11-17,27H,8,10,19-26H2,1H3/p+1. The van der Waals surface area contributed by atoms with Crippen molar-refractivity contribution < 1.29 is 4.76 Å². The molecule has 18 heteroatoms. The lowest BCUT2D eigenvalue weighted by Gasteiger charge is -2.34. The van der Waals surface area contributed by atoms with Gasteiger partial charge in [-0.15, -0.1) is 71.4 Å². The summed E-state index contributed by atoms with van der Waals surface area (Å²) < 4.78 is 3.95. The Kier molecular flexibility index (Phi) is 30.4. The van der Waals surface area contributed by atoms with Crippen molar-refractivity contribution in [2.24, 2.45) is 0 Å². The van der Waals surface area contributed by atoms with Crippen LogP contribution >= 0.6 is 129 Å². The molecule has 0 amide bonds. The van der Waals surface area contributed by atoms with Crippen molar-refractivity contribution in [2.45, 2.75) is 12.8 Å². The second-order valence-corrected chi connectivity index (χ2v) is 66.1. The molecule has 0 aliphatic rings. The fourth-order valence-electron chi connectivity index (χ4n) is 2.02. The van der Waals surface area contributed by atoms with Gasteiger partial charge in [-0.3, -0.25) is 0 Å².